The maximum atomic E-state index is 11.9. The van der Waals surface area contributed by atoms with Crippen LogP contribution < -0.4 is 0 Å². The van der Waals surface area contributed by atoms with Crippen molar-refractivity contribution in [3.63, 3.8) is 0 Å². The molecule has 0 aliphatic carbocycles. The SMILES string of the molecule is CC1CCN(CCCF)C(C)C1. The zero-order valence-electron chi connectivity index (χ0n) is 8.22. The second-order valence-corrected chi connectivity index (χ2v) is 4.06. The van der Waals surface area contributed by atoms with Gasteiger partial charge in [-0.05, 0) is 38.6 Å². The predicted octanol–water partition coefficient (Wildman–Crippen LogP) is 2.47. The van der Waals surface area contributed by atoms with E-state index in [1.165, 1.54) is 19.4 Å². The van der Waals surface area contributed by atoms with Crippen molar-refractivity contribution in [3.05, 3.63) is 0 Å². The molecule has 0 spiro atoms. The van der Waals surface area contributed by atoms with E-state index in [0.29, 0.717) is 12.5 Å². The molecule has 0 aromatic rings. The standard InChI is InChI=1S/C10H20FN/c1-9-4-7-12(6-3-5-11)10(2)8-9/h9-10H,3-8H2,1-2H3. The van der Waals surface area contributed by atoms with Gasteiger partial charge in [-0.1, -0.05) is 6.92 Å². The molecule has 2 unspecified atom stereocenters. The molecule has 0 bridgehead atoms. The van der Waals surface area contributed by atoms with Gasteiger partial charge in [-0.3, -0.25) is 4.39 Å². The van der Waals surface area contributed by atoms with Crippen LogP contribution >= 0.6 is 0 Å². The number of hydrogen-bond donors (Lipinski definition) is 0. The largest absolute Gasteiger partial charge is 0.301 e. The van der Waals surface area contributed by atoms with Crippen molar-refractivity contribution in [2.75, 3.05) is 19.8 Å². The average Bonchev–Trinajstić information content (AvgIpc) is 2.03. The molecule has 2 heteroatoms. The van der Waals surface area contributed by atoms with E-state index in [-0.39, 0.29) is 6.67 Å². The Labute approximate surface area is 74.9 Å². The smallest absolute Gasteiger partial charge is 0.0906 e. The fourth-order valence-electron chi connectivity index (χ4n) is 2.05. The van der Waals surface area contributed by atoms with Crippen LogP contribution in [0.5, 0.6) is 0 Å². The van der Waals surface area contributed by atoms with Crippen molar-refractivity contribution in [3.8, 4) is 0 Å². The lowest BCUT2D eigenvalue weighted by atomic mass is 9.93. The van der Waals surface area contributed by atoms with Gasteiger partial charge in [0.15, 0.2) is 0 Å². The van der Waals surface area contributed by atoms with Crippen LogP contribution in [0.1, 0.15) is 33.1 Å². The van der Waals surface area contributed by atoms with Crippen LogP contribution in [0, 0.1) is 5.92 Å². The van der Waals surface area contributed by atoms with E-state index in [4.69, 9.17) is 0 Å². The molecule has 0 saturated carbocycles. The molecule has 0 aromatic carbocycles. The summed E-state index contributed by atoms with van der Waals surface area (Å²) in [5.74, 6) is 0.863. The van der Waals surface area contributed by atoms with Gasteiger partial charge in [0.05, 0.1) is 6.67 Å². The number of nitrogens with zero attached hydrogens (tertiary/aromatic N) is 1. The summed E-state index contributed by atoms with van der Waals surface area (Å²) >= 11 is 0. The van der Waals surface area contributed by atoms with Crippen LogP contribution in [-0.2, 0) is 0 Å². The highest BCUT2D eigenvalue weighted by molar-refractivity contribution is 4.76. The van der Waals surface area contributed by atoms with Gasteiger partial charge in [0.1, 0.15) is 0 Å². The molecule has 0 amide bonds. The molecule has 1 aliphatic rings. The van der Waals surface area contributed by atoms with Gasteiger partial charge >= 0.3 is 0 Å². The van der Waals surface area contributed by atoms with Crippen LogP contribution in [0.15, 0.2) is 0 Å². The van der Waals surface area contributed by atoms with E-state index in [9.17, 15) is 4.39 Å². The van der Waals surface area contributed by atoms with E-state index in [2.05, 4.69) is 18.7 Å². The summed E-state index contributed by atoms with van der Waals surface area (Å²) in [6.07, 6.45) is 3.28. The Kier molecular flexibility index (Phi) is 3.99. The number of hydrogen-bond acceptors (Lipinski definition) is 1. The van der Waals surface area contributed by atoms with Crippen molar-refractivity contribution >= 4 is 0 Å². The normalized spacial score (nSPS) is 32.2. The monoisotopic (exact) mass is 173 g/mol. The van der Waals surface area contributed by atoms with Crippen LogP contribution in [-0.4, -0.2) is 30.7 Å². The molecule has 1 nitrogen and oxygen atoms in total. The van der Waals surface area contributed by atoms with E-state index >= 15 is 0 Å². The number of rotatable bonds is 3. The molecule has 72 valence electrons. The van der Waals surface area contributed by atoms with Crippen LogP contribution in [0.3, 0.4) is 0 Å². The minimum absolute atomic E-state index is 0.168. The molecule has 1 aliphatic heterocycles. The zero-order valence-corrected chi connectivity index (χ0v) is 8.22. The maximum Gasteiger partial charge on any atom is 0.0906 e. The summed E-state index contributed by atoms with van der Waals surface area (Å²) in [6.45, 7) is 6.52. The first-order valence-corrected chi connectivity index (χ1v) is 5.04. The van der Waals surface area contributed by atoms with Gasteiger partial charge in [0.2, 0.25) is 0 Å². The Balaban J connectivity index is 2.25. The summed E-state index contributed by atoms with van der Waals surface area (Å²) in [7, 11) is 0. The Morgan fingerprint density at radius 2 is 2.17 bits per heavy atom. The van der Waals surface area contributed by atoms with E-state index in [1.54, 1.807) is 0 Å². The quantitative estimate of drug-likeness (QED) is 0.633. The molecule has 2 atom stereocenters. The van der Waals surface area contributed by atoms with Crippen LogP contribution in [0.2, 0.25) is 0 Å². The molecule has 1 saturated heterocycles. The van der Waals surface area contributed by atoms with E-state index < -0.39 is 0 Å². The molecule has 0 aromatic heterocycles. The molecule has 0 radical (unpaired) electrons. The number of halogens is 1. The number of piperidine rings is 1. The third-order valence-electron chi connectivity index (χ3n) is 2.85. The highest BCUT2D eigenvalue weighted by Gasteiger charge is 2.21. The second-order valence-electron chi connectivity index (χ2n) is 4.06. The predicted molar refractivity (Wildman–Crippen MR) is 50.0 cm³/mol. The summed E-state index contributed by atoms with van der Waals surface area (Å²) in [4.78, 5) is 2.42. The molecular formula is C10H20FN. The van der Waals surface area contributed by atoms with Crippen molar-refractivity contribution < 1.29 is 4.39 Å². The molecule has 12 heavy (non-hydrogen) atoms. The third kappa shape index (κ3) is 2.74. The van der Waals surface area contributed by atoms with Gasteiger partial charge < -0.3 is 4.90 Å². The van der Waals surface area contributed by atoms with Crippen LogP contribution in [0.25, 0.3) is 0 Å². The van der Waals surface area contributed by atoms with Gasteiger partial charge in [-0.2, -0.15) is 0 Å². The molecular weight excluding hydrogens is 153 g/mol. The van der Waals surface area contributed by atoms with Gasteiger partial charge in [0.25, 0.3) is 0 Å². The summed E-state index contributed by atoms with van der Waals surface area (Å²) in [6, 6.07) is 0.667. The highest BCUT2D eigenvalue weighted by Crippen LogP contribution is 2.21. The topological polar surface area (TPSA) is 3.24 Å². The lowest BCUT2D eigenvalue weighted by Gasteiger charge is -2.36. The van der Waals surface area contributed by atoms with Crippen LogP contribution in [0.4, 0.5) is 4.39 Å². The Morgan fingerprint density at radius 3 is 2.75 bits per heavy atom. The molecule has 0 N–H and O–H groups in total. The lowest BCUT2D eigenvalue weighted by Crippen LogP contribution is -2.40. The Bertz CT molecular complexity index is 125. The zero-order chi connectivity index (χ0) is 8.97. The van der Waals surface area contributed by atoms with Crippen molar-refractivity contribution in [1.82, 2.24) is 4.90 Å². The first-order chi connectivity index (χ1) is 5.74. The van der Waals surface area contributed by atoms with E-state index in [1.807, 2.05) is 0 Å². The number of likely N-dealkylation sites (tertiary alicyclic amines) is 1. The second kappa shape index (κ2) is 4.80. The maximum absolute atomic E-state index is 11.9. The average molecular weight is 173 g/mol. The van der Waals surface area contributed by atoms with Crippen molar-refractivity contribution in [1.29, 1.82) is 0 Å². The fourth-order valence-corrected chi connectivity index (χ4v) is 2.05. The minimum atomic E-state index is -0.168. The van der Waals surface area contributed by atoms with Gasteiger partial charge in [-0.25, -0.2) is 0 Å². The molecule has 1 rings (SSSR count). The van der Waals surface area contributed by atoms with Crippen molar-refractivity contribution in [2.24, 2.45) is 5.92 Å². The summed E-state index contributed by atoms with van der Waals surface area (Å²) < 4.78 is 11.9. The first kappa shape index (κ1) is 9.97. The fraction of sp³-hybridized carbons (Fsp3) is 1.00. The molecule has 1 heterocycles. The van der Waals surface area contributed by atoms with Crippen molar-refractivity contribution in [2.45, 2.75) is 39.2 Å². The summed E-state index contributed by atoms with van der Waals surface area (Å²) in [5, 5.41) is 0. The third-order valence-corrected chi connectivity index (χ3v) is 2.85. The Morgan fingerprint density at radius 1 is 1.42 bits per heavy atom. The highest BCUT2D eigenvalue weighted by atomic mass is 19.1. The summed E-state index contributed by atoms with van der Waals surface area (Å²) in [5.41, 5.74) is 0. The van der Waals surface area contributed by atoms with Gasteiger partial charge in [-0.15, -0.1) is 0 Å². The Hall–Kier alpha value is -0.110. The lowest BCUT2D eigenvalue weighted by molar-refractivity contribution is 0.125. The first-order valence-electron chi connectivity index (χ1n) is 5.04. The minimum Gasteiger partial charge on any atom is -0.301 e. The van der Waals surface area contributed by atoms with Gasteiger partial charge in [0, 0.05) is 12.6 Å². The van der Waals surface area contributed by atoms with E-state index in [0.717, 1.165) is 12.5 Å². The molecule has 1 fully saturated rings. The number of alkyl halides is 1.